The molecule has 0 unspecified atom stereocenters. The summed E-state index contributed by atoms with van der Waals surface area (Å²) in [6.45, 7) is 3.36. The first-order valence-corrected chi connectivity index (χ1v) is 12.3. The van der Waals surface area contributed by atoms with E-state index in [1.807, 2.05) is 6.07 Å². The Hall–Kier alpha value is 0.930. The Labute approximate surface area is 194 Å². The van der Waals surface area contributed by atoms with E-state index in [0.717, 1.165) is 6.54 Å². The molecule has 2 rings (SSSR count). The molecule has 0 aromatic carbocycles. The summed E-state index contributed by atoms with van der Waals surface area (Å²) in [7, 11) is -4.81. The van der Waals surface area contributed by atoms with Gasteiger partial charge in [-0.15, -0.1) is 69.6 Å². The molecule has 0 radical (unpaired) electrons. The molecule has 0 saturated heterocycles. The molecular weight excluding hydrogens is 521 g/mol. The summed E-state index contributed by atoms with van der Waals surface area (Å²) in [5.74, 6) is 0. The number of nitrogens with zero attached hydrogens (tertiary/aromatic N) is 1. The van der Waals surface area contributed by atoms with Gasteiger partial charge < -0.3 is 9.79 Å². The van der Waals surface area contributed by atoms with Gasteiger partial charge in [0.05, 0.1) is 32.3 Å². The van der Waals surface area contributed by atoms with Gasteiger partial charge in [0.1, 0.15) is 6.54 Å². The van der Waals surface area contributed by atoms with Gasteiger partial charge in [-0.05, 0) is 4.53 Å². The summed E-state index contributed by atoms with van der Waals surface area (Å²) in [4.78, 5) is 14.7. The Bertz CT molecular complexity index is 528. The minimum Gasteiger partial charge on any atom is -0.301 e. The van der Waals surface area contributed by atoms with E-state index in [1.165, 1.54) is 12.8 Å². The maximum absolute atomic E-state index is 10.2. The molecule has 28 heavy (non-hydrogen) atoms. The summed E-state index contributed by atoms with van der Waals surface area (Å²) in [5, 5.41) is -2.62. The monoisotopic (exact) mass is 540 g/mol. The molecule has 13 heteroatoms. The molecule has 0 amide bonds. The number of halogens is 7. The zero-order valence-electron chi connectivity index (χ0n) is 14.7. The van der Waals surface area contributed by atoms with Crippen molar-refractivity contribution in [1.29, 1.82) is 0 Å². The van der Waals surface area contributed by atoms with Crippen LogP contribution in [0.3, 0.4) is 0 Å². The van der Waals surface area contributed by atoms with Crippen LogP contribution in [0.5, 0.6) is 0 Å². The number of alkyl halides is 6. The summed E-state index contributed by atoms with van der Waals surface area (Å²) in [5.41, 5.74) is 0. The van der Waals surface area contributed by atoms with Crippen LogP contribution in [0.2, 0.25) is 0 Å². The van der Waals surface area contributed by atoms with Crippen LogP contribution in [0.25, 0.3) is 0 Å². The van der Waals surface area contributed by atoms with E-state index in [2.05, 4.69) is 40.7 Å². The quantitative estimate of drug-likeness (QED) is 0.304. The second-order valence-electron chi connectivity index (χ2n) is 5.69. The first kappa shape index (κ1) is 28.9. The van der Waals surface area contributed by atoms with E-state index < -0.39 is 40.1 Å². The standard InChI is InChI=1S/C9H14N.C6H6Cl6.FH2O4P/c1-2-3-7-10-8-5-4-6-9-10;7-1-2(8)4(10)6(12)5(11)3(1)9;1-5-6(2,3)4/h4-6,8-9H,2-3,7H2,1H3;1-6H;(H2,2,3,4)/q+1;;. The second-order valence-corrected chi connectivity index (χ2v) is 9.84. The lowest BCUT2D eigenvalue weighted by Gasteiger charge is -2.37. The van der Waals surface area contributed by atoms with Crippen molar-refractivity contribution in [3.05, 3.63) is 30.6 Å². The van der Waals surface area contributed by atoms with E-state index in [4.69, 9.17) is 84.0 Å². The fraction of sp³-hybridized carbons (Fsp3) is 0.667. The van der Waals surface area contributed by atoms with Crippen molar-refractivity contribution in [2.75, 3.05) is 0 Å². The fourth-order valence-corrected chi connectivity index (χ4v) is 4.31. The third-order valence-electron chi connectivity index (χ3n) is 3.46. The van der Waals surface area contributed by atoms with Gasteiger partial charge in [0.2, 0.25) is 0 Å². The minimum atomic E-state index is -4.81. The lowest BCUT2D eigenvalue weighted by atomic mass is 9.97. The molecule has 0 spiro atoms. The molecule has 5 nitrogen and oxygen atoms in total. The molecule has 1 aromatic heterocycles. The van der Waals surface area contributed by atoms with Crippen molar-refractivity contribution in [3.8, 4) is 0 Å². The van der Waals surface area contributed by atoms with Crippen molar-refractivity contribution in [3.63, 3.8) is 0 Å². The average Bonchev–Trinajstić information content (AvgIpc) is 2.69. The maximum atomic E-state index is 10.2. The number of phosphoric acid groups is 1. The number of hydrogen-bond acceptors (Lipinski definition) is 2. The molecule has 0 bridgehead atoms. The number of pyridine rings is 1. The Morgan fingerprint density at radius 1 is 0.893 bits per heavy atom. The van der Waals surface area contributed by atoms with Crippen molar-refractivity contribution < 1.29 is 28.2 Å². The summed E-state index contributed by atoms with van der Waals surface area (Å²) in [6.07, 6.45) is 6.75. The highest BCUT2D eigenvalue weighted by Gasteiger charge is 2.46. The number of aromatic nitrogens is 1. The SMILES string of the molecule is CCCC[n+]1ccccc1.ClC1C(Cl)C(Cl)C(Cl)C(Cl)C1Cl.O=P(O)(O)OF. The Balaban J connectivity index is 0.000000414. The highest BCUT2D eigenvalue weighted by Crippen LogP contribution is 2.39. The van der Waals surface area contributed by atoms with Gasteiger partial charge in [0.15, 0.2) is 12.4 Å². The molecule has 164 valence electrons. The molecule has 1 aliphatic carbocycles. The highest BCUT2D eigenvalue weighted by atomic mass is 35.5. The van der Waals surface area contributed by atoms with Crippen LogP contribution in [0.1, 0.15) is 19.8 Å². The van der Waals surface area contributed by atoms with Gasteiger partial charge >= 0.3 is 7.82 Å². The van der Waals surface area contributed by atoms with E-state index in [1.54, 1.807) is 0 Å². The van der Waals surface area contributed by atoms with Crippen molar-refractivity contribution >= 4 is 77.4 Å². The van der Waals surface area contributed by atoms with Gasteiger partial charge in [-0.1, -0.05) is 24.1 Å². The molecule has 1 aromatic rings. The highest BCUT2D eigenvalue weighted by molar-refractivity contribution is 7.46. The van der Waals surface area contributed by atoms with Crippen LogP contribution in [0.15, 0.2) is 30.6 Å². The summed E-state index contributed by atoms with van der Waals surface area (Å²) < 4.78 is 23.7. The van der Waals surface area contributed by atoms with Crippen LogP contribution in [0.4, 0.5) is 4.53 Å². The van der Waals surface area contributed by atoms with Crippen LogP contribution in [-0.4, -0.2) is 42.0 Å². The first-order chi connectivity index (χ1) is 13.0. The minimum absolute atomic E-state index is 0.437. The molecule has 0 aliphatic heterocycles. The number of hydrogen-bond donors (Lipinski definition) is 2. The topological polar surface area (TPSA) is 70.6 Å². The fourth-order valence-electron chi connectivity index (χ4n) is 1.98. The molecule has 2 N–H and O–H groups in total. The largest absolute Gasteiger partial charge is 0.500 e. The van der Waals surface area contributed by atoms with Gasteiger partial charge in [-0.2, -0.15) is 0 Å². The first-order valence-electron chi connectivity index (χ1n) is 8.10. The Kier molecular flexibility index (Phi) is 15.3. The third kappa shape index (κ3) is 11.4. The van der Waals surface area contributed by atoms with Gasteiger partial charge in [0.25, 0.3) is 0 Å². The van der Waals surface area contributed by atoms with Gasteiger partial charge in [-0.3, -0.25) is 0 Å². The molecule has 0 atom stereocenters. The van der Waals surface area contributed by atoms with Crippen LogP contribution < -0.4 is 4.57 Å². The van der Waals surface area contributed by atoms with E-state index >= 15 is 0 Å². The zero-order valence-corrected chi connectivity index (χ0v) is 20.2. The zero-order chi connectivity index (χ0) is 21.9. The number of unbranched alkanes of at least 4 members (excludes halogenated alkanes) is 1. The summed E-state index contributed by atoms with van der Waals surface area (Å²) in [6, 6.07) is 6.17. The van der Waals surface area contributed by atoms with Crippen molar-refractivity contribution in [1.82, 2.24) is 0 Å². The van der Waals surface area contributed by atoms with Gasteiger partial charge in [0, 0.05) is 18.6 Å². The average molecular weight is 543 g/mol. The normalized spacial score (nSPS) is 29.8. The lowest BCUT2D eigenvalue weighted by molar-refractivity contribution is -0.697. The third-order valence-corrected chi connectivity index (χ3v) is 7.67. The maximum Gasteiger partial charge on any atom is 0.500 e. The molecule has 1 aliphatic rings. The molecular formula is C15H22Cl6FNO4P+. The summed E-state index contributed by atoms with van der Waals surface area (Å²) >= 11 is 35.3. The van der Waals surface area contributed by atoms with Gasteiger partial charge in [-0.25, -0.2) is 9.13 Å². The van der Waals surface area contributed by atoms with Crippen LogP contribution >= 0.6 is 77.4 Å². The van der Waals surface area contributed by atoms with E-state index in [-0.39, 0.29) is 0 Å². The van der Waals surface area contributed by atoms with Crippen LogP contribution in [0, 0.1) is 0 Å². The second kappa shape index (κ2) is 14.9. The smallest absolute Gasteiger partial charge is 0.301 e. The molecule has 1 fully saturated rings. The van der Waals surface area contributed by atoms with E-state index in [0.29, 0.717) is 0 Å². The van der Waals surface area contributed by atoms with Crippen molar-refractivity contribution in [2.24, 2.45) is 0 Å². The van der Waals surface area contributed by atoms with Crippen LogP contribution in [-0.2, 0) is 15.8 Å². The Morgan fingerprint density at radius 2 is 1.21 bits per heavy atom. The van der Waals surface area contributed by atoms with E-state index in [9.17, 15) is 4.53 Å². The lowest BCUT2D eigenvalue weighted by Crippen LogP contribution is -2.52. The van der Waals surface area contributed by atoms with Crippen molar-refractivity contribution in [2.45, 2.75) is 58.6 Å². The molecule has 1 heterocycles. The Morgan fingerprint density at radius 3 is 1.46 bits per heavy atom. The predicted octanol–water partition coefficient (Wildman–Crippen LogP) is 5.40. The predicted molar refractivity (Wildman–Crippen MR) is 114 cm³/mol. The number of aryl methyl sites for hydroxylation is 1. The number of rotatable bonds is 4. The molecule has 1 saturated carbocycles.